The zero-order valence-electron chi connectivity index (χ0n) is 13.7. The first kappa shape index (κ1) is 14.0. The van der Waals surface area contributed by atoms with Crippen molar-refractivity contribution in [3.8, 4) is 11.6 Å². The molecule has 122 valence electrons. The van der Waals surface area contributed by atoms with E-state index in [2.05, 4.69) is 68.3 Å². The number of hydrogen-bond donors (Lipinski definition) is 1. The lowest BCUT2D eigenvalue weighted by atomic mass is 10.2. The standard InChI is InChI=1S/C20H16N4O/c1-13-21-20(23-22-13)19-11-10-14(25-19)12-24-17-8-4-2-6-15(17)16-7-3-5-9-18(16)24/h2-11H,12H2,1H3,(H,21,22,23). The Labute approximate surface area is 143 Å². The number of aryl methyl sites for hydroxylation is 1. The Kier molecular flexibility index (Phi) is 3.00. The molecule has 0 spiro atoms. The van der Waals surface area contributed by atoms with Crippen LogP contribution in [0.15, 0.2) is 65.1 Å². The van der Waals surface area contributed by atoms with Crippen LogP contribution in [-0.2, 0) is 6.54 Å². The molecule has 2 aromatic carbocycles. The van der Waals surface area contributed by atoms with Crippen LogP contribution in [0.4, 0.5) is 0 Å². The number of fused-ring (bicyclic) bond motifs is 3. The van der Waals surface area contributed by atoms with Gasteiger partial charge in [0.25, 0.3) is 0 Å². The molecule has 0 amide bonds. The number of aromatic amines is 1. The lowest BCUT2D eigenvalue weighted by Gasteiger charge is -2.05. The van der Waals surface area contributed by atoms with Crippen molar-refractivity contribution < 1.29 is 4.42 Å². The van der Waals surface area contributed by atoms with E-state index in [0.29, 0.717) is 18.1 Å². The molecule has 5 heteroatoms. The molecule has 0 aliphatic heterocycles. The highest BCUT2D eigenvalue weighted by atomic mass is 16.3. The van der Waals surface area contributed by atoms with E-state index in [1.54, 1.807) is 0 Å². The SMILES string of the molecule is Cc1nc(-c2ccc(Cn3c4ccccc4c4ccccc43)o2)n[nH]1. The van der Waals surface area contributed by atoms with Gasteiger partial charge in [0.05, 0.1) is 6.54 Å². The second-order valence-electron chi connectivity index (χ2n) is 6.13. The molecule has 5 aromatic rings. The molecule has 0 aliphatic rings. The van der Waals surface area contributed by atoms with E-state index in [-0.39, 0.29) is 0 Å². The maximum Gasteiger partial charge on any atom is 0.216 e. The summed E-state index contributed by atoms with van der Waals surface area (Å²) >= 11 is 0. The highest BCUT2D eigenvalue weighted by molar-refractivity contribution is 6.07. The maximum absolute atomic E-state index is 5.99. The number of nitrogens with zero attached hydrogens (tertiary/aromatic N) is 3. The number of nitrogens with one attached hydrogen (secondary N) is 1. The fourth-order valence-corrected chi connectivity index (χ4v) is 3.37. The molecule has 5 nitrogen and oxygen atoms in total. The Morgan fingerprint density at radius 1 is 0.920 bits per heavy atom. The number of rotatable bonds is 3. The van der Waals surface area contributed by atoms with E-state index in [1.807, 2.05) is 19.1 Å². The molecule has 0 saturated heterocycles. The summed E-state index contributed by atoms with van der Waals surface area (Å²) in [4.78, 5) is 4.32. The second kappa shape index (κ2) is 5.34. The average Bonchev–Trinajstić information content (AvgIpc) is 3.35. The third-order valence-electron chi connectivity index (χ3n) is 4.47. The normalized spacial score (nSPS) is 11.6. The van der Waals surface area contributed by atoms with E-state index in [4.69, 9.17) is 4.42 Å². The zero-order valence-corrected chi connectivity index (χ0v) is 13.7. The van der Waals surface area contributed by atoms with Crippen molar-refractivity contribution in [3.05, 3.63) is 72.2 Å². The van der Waals surface area contributed by atoms with Crippen LogP contribution in [-0.4, -0.2) is 19.7 Å². The number of para-hydroxylation sites is 2. The van der Waals surface area contributed by atoms with Gasteiger partial charge >= 0.3 is 0 Å². The zero-order chi connectivity index (χ0) is 16.8. The largest absolute Gasteiger partial charge is 0.456 e. The number of hydrogen-bond acceptors (Lipinski definition) is 3. The summed E-state index contributed by atoms with van der Waals surface area (Å²) in [6.45, 7) is 2.54. The van der Waals surface area contributed by atoms with Gasteiger partial charge < -0.3 is 8.98 Å². The molecule has 0 unspecified atom stereocenters. The molecule has 0 aliphatic carbocycles. The van der Waals surface area contributed by atoms with E-state index < -0.39 is 0 Å². The third-order valence-corrected chi connectivity index (χ3v) is 4.47. The summed E-state index contributed by atoms with van der Waals surface area (Å²) in [6, 6.07) is 20.8. The third kappa shape index (κ3) is 2.24. The van der Waals surface area contributed by atoms with Gasteiger partial charge in [-0.3, -0.25) is 5.10 Å². The smallest absolute Gasteiger partial charge is 0.216 e. The summed E-state index contributed by atoms with van der Waals surface area (Å²) in [5.41, 5.74) is 2.41. The number of H-pyrrole nitrogens is 1. The van der Waals surface area contributed by atoms with Crippen molar-refractivity contribution in [1.82, 2.24) is 19.7 Å². The van der Waals surface area contributed by atoms with Crippen molar-refractivity contribution in [3.63, 3.8) is 0 Å². The number of aromatic nitrogens is 4. The van der Waals surface area contributed by atoms with E-state index in [0.717, 1.165) is 11.6 Å². The summed E-state index contributed by atoms with van der Waals surface area (Å²) in [6.07, 6.45) is 0. The summed E-state index contributed by atoms with van der Waals surface area (Å²) in [5.74, 6) is 2.92. The van der Waals surface area contributed by atoms with Gasteiger partial charge in [-0.25, -0.2) is 4.98 Å². The molecule has 0 bridgehead atoms. The minimum absolute atomic E-state index is 0.589. The van der Waals surface area contributed by atoms with Gasteiger partial charge in [0.1, 0.15) is 11.6 Å². The van der Waals surface area contributed by atoms with E-state index in [1.165, 1.54) is 21.8 Å². The first-order valence-electron chi connectivity index (χ1n) is 8.24. The predicted molar refractivity (Wildman–Crippen MR) is 97.4 cm³/mol. The van der Waals surface area contributed by atoms with Crippen LogP contribution in [0.2, 0.25) is 0 Å². The Morgan fingerprint density at radius 3 is 2.24 bits per heavy atom. The lowest BCUT2D eigenvalue weighted by Crippen LogP contribution is -1.97. The topological polar surface area (TPSA) is 59.6 Å². The summed E-state index contributed by atoms with van der Waals surface area (Å²) in [7, 11) is 0. The molecule has 3 heterocycles. The molecule has 5 rings (SSSR count). The molecule has 1 N–H and O–H groups in total. The van der Waals surface area contributed by atoms with Crippen molar-refractivity contribution in [2.24, 2.45) is 0 Å². The number of furan rings is 1. The highest BCUT2D eigenvalue weighted by Crippen LogP contribution is 2.30. The Hall–Kier alpha value is -3.34. The van der Waals surface area contributed by atoms with Gasteiger partial charge in [-0.05, 0) is 31.2 Å². The van der Waals surface area contributed by atoms with Crippen LogP contribution in [0.5, 0.6) is 0 Å². The molecular formula is C20H16N4O. The number of benzene rings is 2. The summed E-state index contributed by atoms with van der Waals surface area (Å²) in [5, 5.41) is 9.52. The van der Waals surface area contributed by atoms with Crippen molar-refractivity contribution in [2.45, 2.75) is 13.5 Å². The van der Waals surface area contributed by atoms with Gasteiger partial charge in [-0.2, -0.15) is 5.10 Å². The molecule has 0 saturated carbocycles. The molecular weight excluding hydrogens is 312 g/mol. The fourth-order valence-electron chi connectivity index (χ4n) is 3.37. The van der Waals surface area contributed by atoms with Gasteiger partial charge in [0, 0.05) is 21.8 Å². The molecule has 0 atom stereocenters. The fraction of sp³-hybridized carbons (Fsp3) is 0.100. The van der Waals surface area contributed by atoms with E-state index in [9.17, 15) is 0 Å². The minimum atomic E-state index is 0.589. The first-order valence-corrected chi connectivity index (χ1v) is 8.24. The first-order chi connectivity index (χ1) is 12.3. The molecule has 3 aromatic heterocycles. The van der Waals surface area contributed by atoms with Crippen LogP contribution in [0, 0.1) is 6.92 Å². The average molecular weight is 328 g/mol. The van der Waals surface area contributed by atoms with Crippen LogP contribution in [0.1, 0.15) is 11.6 Å². The van der Waals surface area contributed by atoms with Gasteiger partial charge in [-0.1, -0.05) is 36.4 Å². The van der Waals surface area contributed by atoms with Crippen LogP contribution < -0.4 is 0 Å². The molecule has 25 heavy (non-hydrogen) atoms. The maximum atomic E-state index is 5.99. The Bertz CT molecular complexity index is 1140. The summed E-state index contributed by atoms with van der Waals surface area (Å²) < 4.78 is 8.28. The van der Waals surface area contributed by atoms with Crippen LogP contribution >= 0.6 is 0 Å². The Balaban J connectivity index is 1.61. The lowest BCUT2D eigenvalue weighted by molar-refractivity contribution is 0.508. The van der Waals surface area contributed by atoms with Gasteiger partial charge in [-0.15, -0.1) is 0 Å². The second-order valence-corrected chi connectivity index (χ2v) is 6.13. The molecule has 0 radical (unpaired) electrons. The van der Waals surface area contributed by atoms with E-state index >= 15 is 0 Å². The van der Waals surface area contributed by atoms with Crippen LogP contribution in [0.25, 0.3) is 33.4 Å². The quantitative estimate of drug-likeness (QED) is 0.529. The predicted octanol–water partition coefficient (Wildman–Crippen LogP) is 4.53. The Morgan fingerprint density at radius 2 is 1.60 bits per heavy atom. The monoisotopic (exact) mass is 328 g/mol. The van der Waals surface area contributed by atoms with Crippen LogP contribution in [0.3, 0.4) is 0 Å². The van der Waals surface area contributed by atoms with Crippen molar-refractivity contribution in [1.29, 1.82) is 0 Å². The molecule has 0 fully saturated rings. The van der Waals surface area contributed by atoms with Gasteiger partial charge in [0.15, 0.2) is 5.76 Å². The minimum Gasteiger partial charge on any atom is -0.456 e. The van der Waals surface area contributed by atoms with Crippen molar-refractivity contribution in [2.75, 3.05) is 0 Å². The highest BCUT2D eigenvalue weighted by Gasteiger charge is 2.13. The van der Waals surface area contributed by atoms with Gasteiger partial charge in [0.2, 0.25) is 5.82 Å². The van der Waals surface area contributed by atoms with Crippen molar-refractivity contribution >= 4 is 21.8 Å².